The number of nitrogens with zero attached hydrogens (tertiary/aromatic N) is 1. The minimum atomic E-state index is -0.567. The van der Waals surface area contributed by atoms with Crippen LogP contribution in [0.2, 0.25) is 5.02 Å². The van der Waals surface area contributed by atoms with Crippen LogP contribution in [0.1, 0.15) is 18.9 Å². The van der Waals surface area contributed by atoms with E-state index in [-0.39, 0.29) is 18.4 Å². The van der Waals surface area contributed by atoms with Gasteiger partial charge in [-0.25, -0.2) is 0 Å². The zero-order valence-corrected chi connectivity index (χ0v) is 15.7. The van der Waals surface area contributed by atoms with E-state index >= 15 is 0 Å². The van der Waals surface area contributed by atoms with Crippen molar-refractivity contribution < 1.29 is 14.3 Å². The third-order valence-electron chi connectivity index (χ3n) is 4.00. The molecule has 2 amide bonds. The SMILES string of the molecule is CC[C@H](C(=O)NC)N(Cc1ccc(Cl)cc1)C(=O)COc1ccccc1. The van der Waals surface area contributed by atoms with Gasteiger partial charge in [0.1, 0.15) is 11.8 Å². The number of para-hydroxylation sites is 1. The van der Waals surface area contributed by atoms with Gasteiger partial charge in [0.25, 0.3) is 5.91 Å². The number of amides is 2. The molecule has 0 radical (unpaired) electrons. The molecule has 2 aromatic rings. The minimum Gasteiger partial charge on any atom is -0.484 e. The normalized spacial score (nSPS) is 11.5. The Balaban J connectivity index is 2.16. The summed E-state index contributed by atoms with van der Waals surface area (Å²) >= 11 is 5.93. The summed E-state index contributed by atoms with van der Waals surface area (Å²) in [7, 11) is 1.57. The Morgan fingerprint density at radius 3 is 2.35 bits per heavy atom. The molecule has 0 bridgehead atoms. The Hall–Kier alpha value is -2.53. The van der Waals surface area contributed by atoms with Crippen LogP contribution in [0.5, 0.6) is 5.75 Å². The maximum Gasteiger partial charge on any atom is 0.261 e. The molecule has 0 spiro atoms. The number of likely N-dealkylation sites (N-methyl/N-ethyl adjacent to an activating group) is 1. The minimum absolute atomic E-state index is 0.134. The van der Waals surface area contributed by atoms with Crippen LogP contribution in [0.25, 0.3) is 0 Å². The Morgan fingerprint density at radius 1 is 1.12 bits per heavy atom. The second-order valence-electron chi connectivity index (χ2n) is 5.79. The number of halogens is 1. The van der Waals surface area contributed by atoms with Gasteiger partial charge in [-0.15, -0.1) is 0 Å². The molecule has 26 heavy (non-hydrogen) atoms. The first kappa shape index (κ1) is 19.8. The van der Waals surface area contributed by atoms with Crippen LogP contribution in [0.4, 0.5) is 0 Å². The second-order valence-corrected chi connectivity index (χ2v) is 6.22. The first-order valence-corrected chi connectivity index (χ1v) is 8.86. The first-order chi connectivity index (χ1) is 12.5. The van der Waals surface area contributed by atoms with Crippen molar-refractivity contribution in [3.63, 3.8) is 0 Å². The molecule has 0 fully saturated rings. The maximum absolute atomic E-state index is 12.8. The van der Waals surface area contributed by atoms with Crippen LogP contribution in [0, 0.1) is 0 Å². The smallest absolute Gasteiger partial charge is 0.261 e. The zero-order chi connectivity index (χ0) is 18.9. The van der Waals surface area contributed by atoms with Crippen LogP contribution in [-0.2, 0) is 16.1 Å². The molecule has 2 aromatic carbocycles. The number of rotatable bonds is 8. The van der Waals surface area contributed by atoms with Crippen molar-refractivity contribution >= 4 is 23.4 Å². The summed E-state index contributed by atoms with van der Waals surface area (Å²) in [6.45, 7) is 2.05. The molecule has 1 atom stereocenters. The highest BCUT2D eigenvalue weighted by Crippen LogP contribution is 2.16. The van der Waals surface area contributed by atoms with E-state index in [1.165, 1.54) is 0 Å². The fourth-order valence-corrected chi connectivity index (χ4v) is 2.74. The topological polar surface area (TPSA) is 58.6 Å². The summed E-state index contributed by atoms with van der Waals surface area (Å²) < 4.78 is 5.57. The Kier molecular flexibility index (Phi) is 7.48. The molecule has 0 saturated heterocycles. The standard InChI is InChI=1S/C20H23ClN2O3/c1-3-18(20(25)22-2)23(13-15-9-11-16(21)12-10-15)19(24)14-26-17-7-5-4-6-8-17/h4-12,18H,3,13-14H2,1-2H3,(H,22,25)/t18-/m1/s1. The van der Waals surface area contributed by atoms with Gasteiger partial charge in [-0.05, 0) is 36.2 Å². The van der Waals surface area contributed by atoms with Gasteiger partial charge in [-0.2, -0.15) is 0 Å². The number of nitrogens with one attached hydrogen (secondary N) is 1. The third kappa shape index (κ3) is 5.49. The lowest BCUT2D eigenvalue weighted by Crippen LogP contribution is -2.49. The number of carbonyl (C=O) groups excluding carboxylic acids is 2. The van der Waals surface area contributed by atoms with E-state index in [9.17, 15) is 9.59 Å². The van der Waals surface area contributed by atoms with Gasteiger partial charge in [0, 0.05) is 18.6 Å². The van der Waals surface area contributed by atoms with Crippen molar-refractivity contribution in [2.24, 2.45) is 0 Å². The van der Waals surface area contributed by atoms with Gasteiger partial charge in [0.05, 0.1) is 0 Å². The zero-order valence-electron chi connectivity index (χ0n) is 14.9. The molecule has 0 aliphatic heterocycles. The van der Waals surface area contributed by atoms with Crippen LogP contribution in [0.3, 0.4) is 0 Å². The molecule has 138 valence electrons. The van der Waals surface area contributed by atoms with Gasteiger partial charge in [-0.3, -0.25) is 9.59 Å². The predicted octanol–water partition coefficient (Wildman–Crippen LogP) is 3.27. The number of carbonyl (C=O) groups is 2. The first-order valence-electron chi connectivity index (χ1n) is 8.48. The molecule has 1 N–H and O–H groups in total. The van der Waals surface area contributed by atoms with E-state index in [2.05, 4.69) is 5.32 Å². The number of benzene rings is 2. The summed E-state index contributed by atoms with van der Waals surface area (Å²) in [5.74, 6) is 0.161. The van der Waals surface area contributed by atoms with Gasteiger partial charge in [-0.1, -0.05) is 48.9 Å². The van der Waals surface area contributed by atoms with Crippen molar-refractivity contribution in [3.8, 4) is 5.75 Å². The van der Waals surface area contributed by atoms with Crippen molar-refractivity contribution in [2.75, 3.05) is 13.7 Å². The van der Waals surface area contributed by atoms with E-state index in [1.807, 2.05) is 37.3 Å². The Morgan fingerprint density at radius 2 is 1.77 bits per heavy atom. The lowest BCUT2D eigenvalue weighted by molar-refractivity contribution is -0.142. The molecule has 6 heteroatoms. The predicted molar refractivity (Wildman–Crippen MR) is 102 cm³/mol. The molecule has 2 rings (SSSR count). The average molecular weight is 375 g/mol. The Bertz CT molecular complexity index is 720. The van der Waals surface area contributed by atoms with Crippen LogP contribution in [-0.4, -0.2) is 36.4 Å². The van der Waals surface area contributed by atoms with E-state index in [1.54, 1.807) is 36.2 Å². The molecule has 0 unspecified atom stereocenters. The molecule has 0 aliphatic carbocycles. The van der Waals surface area contributed by atoms with E-state index < -0.39 is 6.04 Å². The van der Waals surface area contributed by atoms with Crippen LogP contribution < -0.4 is 10.1 Å². The molecular formula is C20H23ClN2O3. The van der Waals surface area contributed by atoms with Crippen LogP contribution in [0.15, 0.2) is 54.6 Å². The lowest BCUT2D eigenvalue weighted by Gasteiger charge is -2.30. The number of hydrogen-bond donors (Lipinski definition) is 1. The summed E-state index contributed by atoms with van der Waals surface area (Å²) in [4.78, 5) is 26.6. The highest BCUT2D eigenvalue weighted by atomic mass is 35.5. The van der Waals surface area contributed by atoms with Crippen molar-refractivity contribution in [3.05, 3.63) is 65.2 Å². The summed E-state index contributed by atoms with van der Waals surface area (Å²) in [5, 5.41) is 3.25. The van der Waals surface area contributed by atoms with Crippen molar-refractivity contribution in [2.45, 2.75) is 25.9 Å². The lowest BCUT2D eigenvalue weighted by atomic mass is 10.1. The van der Waals surface area contributed by atoms with Crippen molar-refractivity contribution in [1.29, 1.82) is 0 Å². The fourth-order valence-electron chi connectivity index (χ4n) is 2.62. The molecular weight excluding hydrogens is 352 g/mol. The summed E-state index contributed by atoms with van der Waals surface area (Å²) in [5.41, 5.74) is 0.893. The molecule has 5 nitrogen and oxygen atoms in total. The van der Waals surface area contributed by atoms with E-state index in [0.717, 1.165) is 5.56 Å². The highest BCUT2D eigenvalue weighted by Gasteiger charge is 2.28. The highest BCUT2D eigenvalue weighted by molar-refractivity contribution is 6.30. The average Bonchev–Trinajstić information content (AvgIpc) is 2.68. The largest absolute Gasteiger partial charge is 0.484 e. The Labute approximate surface area is 158 Å². The third-order valence-corrected chi connectivity index (χ3v) is 4.26. The maximum atomic E-state index is 12.8. The molecule has 0 heterocycles. The molecule has 0 saturated carbocycles. The quantitative estimate of drug-likeness (QED) is 0.771. The monoisotopic (exact) mass is 374 g/mol. The molecule has 0 aliphatic rings. The van der Waals surface area contributed by atoms with Gasteiger partial charge < -0.3 is 15.0 Å². The van der Waals surface area contributed by atoms with Crippen molar-refractivity contribution in [1.82, 2.24) is 10.2 Å². The van der Waals surface area contributed by atoms with E-state index in [4.69, 9.17) is 16.3 Å². The number of hydrogen-bond acceptors (Lipinski definition) is 3. The molecule has 0 aromatic heterocycles. The van der Waals surface area contributed by atoms with Gasteiger partial charge in [0.15, 0.2) is 6.61 Å². The van der Waals surface area contributed by atoms with Gasteiger partial charge in [0.2, 0.25) is 5.91 Å². The number of ether oxygens (including phenoxy) is 1. The van der Waals surface area contributed by atoms with Crippen LogP contribution >= 0.6 is 11.6 Å². The summed E-state index contributed by atoms with van der Waals surface area (Å²) in [6.07, 6.45) is 0.504. The van der Waals surface area contributed by atoms with Gasteiger partial charge >= 0.3 is 0 Å². The van der Waals surface area contributed by atoms with E-state index in [0.29, 0.717) is 23.7 Å². The fraction of sp³-hybridized carbons (Fsp3) is 0.300. The second kappa shape index (κ2) is 9.82. The summed E-state index contributed by atoms with van der Waals surface area (Å²) in [6, 6.07) is 15.8.